The molecule has 3 rings (SSSR count). The van der Waals surface area contributed by atoms with Gasteiger partial charge in [-0.15, -0.1) is 11.8 Å². The molecule has 0 saturated carbocycles. The van der Waals surface area contributed by atoms with Crippen molar-refractivity contribution in [1.82, 2.24) is 15.6 Å². The number of aromatic carboxylic acids is 2. The van der Waals surface area contributed by atoms with Gasteiger partial charge in [-0.3, -0.25) is 15.0 Å². The number of amidine groups is 1. The van der Waals surface area contributed by atoms with Gasteiger partial charge < -0.3 is 20.8 Å². The quantitative estimate of drug-likeness (QED) is 0.219. The zero-order chi connectivity index (χ0) is 23.3. The largest absolute Gasteiger partial charge is 0.477 e. The van der Waals surface area contributed by atoms with Gasteiger partial charge in [-0.1, -0.05) is 12.1 Å². The number of carboxylic acid groups (broad SMARTS) is 2. The number of carboxylic acids is 2. The van der Waals surface area contributed by atoms with Crippen molar-refractivity contribution in [2.24, 2.45) is 0 Å². The molecule has 5 N–H and O–H groups in total. The molecule has 12 heteroatoms. The predicted molar refractivity (Wildman–Crippen MR) is 119 cm³/mol. The van der Waals surface area contributed by atoms with E-state index in [0.29, 0.717) is 26.7 Å². The molecule has 1 aromatic carbocycles. The third kappa shape index (κ3) is 5.95. The standard InChI is InChI=1S/C20H16N4O6S2/c21-20-24-17(26)15(32-20)7-10-2-1-3-11(6-10)16(25)22-4-5-31-12-8-13(18(27)28)23-14(9-12)19(29)30/h1-3,6-9H,4-5H2,(H,22,25)(H,27,28)(H,29,30)(H2,21,24,26)/b15-7+. The molecule has 0 atom stereocenters. The molecule has 164 valence electrons. The van der Waals surface area contributed by atoms with Crippen LogP contribution in [0, 0.1) is 5.41 Å². The molecular formula is C20H16N4O6S2. The van der Waals surface area contributed by atoms with E-state index in [1.54, 1.807) is 30.3 Å². The Labute approximate surface area is 190 Å². The number of hydrogen-bond acceptors (Lipinski definition) is 8. The third-order valence-electron chi connectivity index (χ3n) is 4.00. The SMILES string of the molecule is N=C1NC(=O)/C(=C\c2cccc(C(=O)NCCSc3cc(C(=O)O)nc(C(=O)O)c3)c2)S1. The smallest absolute Gasteiger partial charge is 0.354 e. The fourth-order valence-corrected chi connectivity index (χ4v) is 4.14. The molecule has 10 nitrogen and oxygen atoms in total. The number of amides is 2. The Morgan fingerprint density at radius 1 is 1.16 bits per heavy atom. The number of carbonyl (C=O) groups is 4. The Morgan fingerprint density at radius 3 is 2.44 bits per heavy atom. The highest BCUT2D eigenvalue weighted by molar-refractivity contribution is 8.18. The minimum atomic E-state index is -1.33. The molecule has 32 heavy (non-hydrogen) atoms. The summed E-state index contributed by atoms with van der Waals surface area (Å²) in [6.07, 6.45) is 1.59. The molecule has 1 saturated heterocycles. The first-order valence-corrected chi connectivity index (χ1v) is 10.8. The van der Waals surface area contributed by atoms with E-state index in [9.17, 15) is 19.2 Å². The lowest BCUT2D eigenvalue weighted by atomic mass is 10.1. The van der Waals surface area contributed by atoms with Crippen LogP contribution in [0.3, 0.4) is 0 Å². The third-order valence-corrected chi connectivity index (χ3v) is 5.81. The van der Waals surface area contributed by atoms with Gasteiger partial charge in [-0.25, -0.2) is 14.6 Å². The molecule has 0 aliphatic carbocycles. The number of nitrogens with zero attached hydrogens (tertiary/aromatic N) is 1. The van der Waals surface area contributed by atoms with Gasteiger partial charge in [0, 0.05) is 22.8 Å². The summed E-state index contributed by atoms with van der Waals surface area (Å²) in [5.41, 5.74) is 0.282. The Morgan fingerprint density at radius 2 is 1.84 bits per heavy atom. The number of thioether (sulfide) groups is 2. The van der Waals surface area contributed by atoms with Crippen molar-refractivity contribution in [2.75, 3.05) is 12.3 Å². The maximum atomic E-state index is 12.4. The van der Waals surface area contributed by atoms with Crippen LogP contribution in [0.5, 0.6) is 0 Å². The number of nitrogens with one attached hydrogen (secondary N) is 3. The first kappa shape index (κ1) is 23.0. The van der Waals surface area contributed by atoms with Crippen molar-refractivity contribution >= 4 is 58.5 Å². The Hall–Kier alpha value is -3.64. The van der Waals surface area contributed by atoms with Crippen LogP contribution in [-0.4, -0.2) is 56.4 Å². The molecule has 2 heterocycles. The van der Waals surface area contributed by atoms with E-state index in [4.69, 9.17) is 15.6 Å². The summed E-state index contributed by atoms with van der Waals surface area (Å²) in [6.45, 7) is 0.247. The van der Waals surface area contributed by atoms with E-state index in [1.807, 2.05) is 0 Å². The lowest BCUT2D eigenvalue weighted by Crippen LogP contribution is -2.25. The van der Waals surface area contributed by atoms with E-state index in [1.165, 1.54) is 23.9 Å². The van der Waals surface area contributed by atoms with Gasteiger partial charge in [0.25, 0.3) is 11.8 Å². The van der Waals surface area contributed by atoms with E-state index < -0.39 is 11.9 Å². The number of benzene rings is 1. The molecule has 2 amide bonds. The van der Waals surface area contributed by atoms with E-state index >= 15 is 0 Å². The minimum absolute atomic E-state index is 0.0489. The van der Waals surface area contributed by atoms with Gasteiger partial charge in [0.1, 0.15) is 11.4 Å². The highest BCUT2D eigenvalue weighted by Crippen LogP contribution is 2.25. The molecule has 0 bridgehead atoms. The van der Waals surface area contributed by atoms with Crippen LogP contribution in [0.15, 0.2) is 46.2 Å². The zero-order valence-electron chi connectivity index (χ0n) is 16.2. The highest BCUT2D eigenvalue weighted by Gasteiger charge is 2.22. The average Bonchev–Trinajstić information content (AvgIpc) is 3.07. The summed E-state index contributed by atoms with van der Waals surface area (Å²) in [6, 6.07) is 9.20. The van der Waals surface area contributed by atoms with Crippen LogP contribution >= 0.6 is 23.5 Å². The van der Waals surface area contributed by atoms with Crippen LogP contribution in [0.4, 0.5) is 0 Å². The van der Waals surface area contributed by atoms with Crippen LogP contribution in [0.1, 0.15) is 36.9 Å². The monoisotopic (exact) mass is 472 g/mol. The van der Waals surface area contributed by atoms with Crippen molar-refractivity contribution in [1.29, 1.82) is 5.41 Å². The van der Waals surface area contributed by atoms with Crippen molar-refractivity contribution in [2.45, 2.75) is 4.90 Å². The fourth-order valence-electron chi connectivity index (χ4n) is 2.61. The second-order valence-electron chi connectivity index (χ2n) is 6.31. The van der Waals surface area contributed by atoms with Crippen LogP contribution in [-0.2, 0) is 4.79 Å². The number of pyridine rings is 1. The summed E-state index contributed by atoms with van der Waals surface area (Å²) in [5.74, 6) is -2.99. The lowest BCUT2D eigenvalue weighted by Gasteiger charge is -2.07. The first-order valence-electron chi connectivity index (χ1n) is 9.02. The Balaban J connectivity index is 1.58. The minimum Gasteiger partial charge on any atom is -0.477 e. The summed E-state index contributed by atoms with van der Waals surface area (Å²) in [5, 5.41) is 30.8. The van der Waals surface area contributed by atoms with E-state index in [-0.39, 0.29) is 34.9 Å². The molecule has 1 fully saturated rings. The fraction of sp³-hybridized carbons (Fsp3) is 0.100. The van der Waals surface area contributed by atoms with Crippen LogP contribution < -0.4 is 10.6 Å². The average molecular weight is 473 g/mol. The molecular weight excluding hydrogens is 456 g/mol. The molecule has 1 aromatic heterocycles. The molecule has 2 aromatic rings. The second kappa shape index (κ2) is 10.1. The van der Waals surface area contributed by atoms with Gasteiger partial charge in [-0.05, 0) is 47.7 Å². The number of carbonyl (C=O) groups excluding carboxylic acids is 2. The Kier molecular flexibility index (Phi) is 7.28. The van der Waals surface area contributed by atoms with Crippen molar-refractivity contribution < 1.29 is 29.4 Å². The Bertz CT molecular complexity index is 1130. The number of rotatable bonds is 8. The van der Waals surface area contributed by atoms with E-state index in [0.717, 1.165) is 11.8 Å². The maximum Gasteiger partial charge on any atom is 0.354 e. The number of aromatic nitrogens is 1. The summed E-state index contributed by atoms with van der Waals surface area (Å²) in [4.78, 5) is 50.7. The van der Waals surface area contributed by atoms with E-state index in [2.05, 4.69) is 15.6 Å². The molecule has 0 unspecified atom stereocenters. The van der Waals surface area contributed by atoms with Crippen LogP contribution in [0.2, 0.25) is 0 Å². The van der Waals surface area contributed by atoms with Crippen LogP contribution in [0.25, 0.3) is 6.08 Å². The maximum absolute atomic E-state index is 12.4. The second-order valence-corrected chi connectivity index (χ2v) is 8.53. The summed E-state index contributed by atoms with van der Waals surface area (Å²) in [7, 11) is 0. The topological polar surface area (TPSA) is 170 Å². The normalized spacial score (nSPS) is 14.3. The van der Waals surface area contributed by atoms with Gasteiger partial charge >= 0.3 is 11.9 Å². The first-order chi connectivity index (χ1) is 15.2. The predicted octanol–water partition coefficient (Wildman–Crippen LogP) is 2.14. The molecule has 0 radical (unpaired) electrons. The molecule has 1 aliphatic heterocycles. The zero-order valence-corrected chi connectivity index (χ0v) is 17.9. The summed E-state index contributed by atoms with van der Waals surface area (Å²) < 4.78 is 0. The summed E-state index contributed by atoms with van der Waals surface area (Å²) >= 11 is 2.19. The highest BCUT2D eigenvalue weighted by atomic mass is 32.2. The molecule has 0 spiro atoms. The van der Waals surface area contributed by atoms with Gasteiger partial charge in [0.2, 0.25) is 0 Å². The van der Waals surface area contributed by atoms with Crippen molar-refractivity contribution in [3.63, 3.8) is 0 Å². The molecule has 1 aliphatic rings. The van der Waals surface area contributed by atoms with Gasteiger partial charge in [0.05, 0.1) is 4.91 Å². The lowest BCUT2D eigenvalue weighted by molar-refractivity contribution is -0.115. The van der Waals surface area contributed by atoms with Crippen molar-refractivity contribution in [3.05, 3.63) is 63.8 Å². The van der Waals surface area contributed by atoms with Gasteiger partial charge in [0.15, 0.2) is 5.17 Å². The van der Waals surface area contributed by atoms with Crippen molar-refractivity contribution in [3.8, 4) is 0 Å². The number of hydrogen-bond donors (Lipinski definition) is 5. The van der Waals surface area contributed by atoms with Gasteiger partial charge in [-0.2, -0.15) is 0 Å².